The number of amides is 2. The average Bonchev–Trinajstić information content (AvgIpc) is 3.44. The number of thiazole rings is 1. The van der Waals surface area contributed by atoms with Crippen molar-refractivity contribution < 1.29 is 19.5 Å². The lowest BCUT2D eigenvalue weighted by atomic mass is 9.68. The Morgan fingerprint density at radius 1 is 1.23 bits per heavy atom. The van der Waals surface area contributed by atoms with Gasteiger partial charge in [-0.25, -0.2) is 0 Å². The van der Waals surface area contributed by atoms with E-state index in [0.29, 0.717) is 0 Å². The van der Waals surface area contributed by atoms with Crippen molar-refractivity contribution in [3.05, 3.63) is 44.6 Å². The van der Waals surface area contributed by atoms with Gasteiger partial charge in [-0.15, -0.1) is 11.8 Å². The second-order valence-corrected chi connectivity index (χ2v) is 10.6. The molecule has 154 valence electrons. The van der Waals surface area contributed by atoms with E-state index in [1.165, 1.54) is 11.3 Å². The number of hydrogen-bond donors (Lipinski definition) is 2. The molecule has 2 aromatic heterocycles. The summed E-state index contributed by atoms with van der Waals surface area (Å²) >= 11 is 2.82. The maximum atomic E-state index is 13.1. The molecule has 2 bridgehead atoms. The Morgan fingerprint density at radius 2 is 2.00 bits per heavy atom. The Labute approximate surface area is 178 Å². The fraction of sp³-hybridized carbons (Fsp3) is 0.450. The minimum Gasteiger partial charge on any atom is -0.480 e. The van der Waals surface area contributed by atoms with E-state index in [9.17, 15) is 19.2 Å². The molecule has 7 unspecified atom stereocenters. The van der Waals surface area contributed by atoms with Gasteiger partial charge < -0.3 is 10.1 Å². The lowest BCUT2D eigenvalue weighted by Crippen LogP contribution is -2.42. The summed E-state index contributed by atoms with van der Waals surface area (Å²) in [5.74, 6) is -2.74. The van der Waals surface area contributed by atoms with Crippen LogP contribution in [0.1, 0.15) is 22.8 Å². The van der Waals surface area contributed by atoms with E-state index in [-0.39, 0.29) is 45.6 Å². The third-order valence-corrected chi connectivity index (χ3v) is 9.74. The minimum absolute atomic E-state index is 0.000897. The van der Waals surface area contributed by atoms with Crippen LogP contribution in [0.3, 0.4) is 0 Å². The van der Waals surface area contributed by atoms with Crippen LogP contribution >= 0.6 is 23.1 Å². The van der Waals surface area contributed by atoms with Gasteiger partial charge in [0.05, 0.1) is 16.9 Å². The van der Waals surface area contributed by atoms with Crippen LogP contribution in [0.25, 0.3) is 0 Å². The number of H-pyrrole nitrogens is 1. The molecule has 0 aromatic carbocycles. The molecule has 2 N–H and O–H groups in total. The van der Waals surface area contributed by atoms with Crippen LogP contribution in [0, 0.1) is 29.6 Å². The Balaban J connectivity index is 1.45. The van der Waals surface area contributed by atoms with Crippen LogP contribution in [0.15, 0.2) is 34.3 Å². The molecule has 7 atom stereocenters. The first-order valence-electron chi connectivity index (χ1n) is 9.82. The Bertz CT molecular complexity index is 1140. The molecular formula is C20H17N3O5S2. The predicted octanol–water partition coefficient (Wildman–Crippen LogP) is 1.39. The number of carboxylic acids is 1. The molecule has 4 aliphatic rings. The Kier molecular flexibility index (Phi) is 3.83. The van der Waals surface area contributed by atoms with Crippen molar-refractivity contribution in [1.29, 1.82) is 0 Å². The normalized spacial score (nSPS) is 36.0. The molecule has 2 saturated carbocycles. The van der Waals surface area contributed by atoms with Crippen LogP contribution in [-0.2, 0) is 14.4 Å². The summed E-state index contributed by atoms with van der Waals surface area (Å²) < 4.78 is 0. The van der Waals surface area contributed by atoms with Crippen LogP contribution in [0.4, 0.5) is 0 Å². The molecule has 2 amide bonds. The zero-order valence-electron chi connectivity index (χ0n) is 15.6. The number of aromatic amines is 1. The highest BCUT2D eigenvalue weighted by molar-refractivity contribution is 8.00. The fourth-order valence-electron chi connectivity index (χ4n) is 6.30. The molecule has 6 rings (SSSR count). The number of nitrogens with zero attached hydrogens (tertiary/aromatic N) is 2. The third-order valence-electron chi connectivity index (χ3n) is 7.15. The van der Waals surface area contributed by atoms with Gasteiger partial charge in [0.1, 0.15) is 6.54 Å². The standard InChI is InChI=1S/C20H17N3O5S2/c24-10(25)6-23-18(26)13-8-4-9(14(13)19(23)27)15-12(8)11(7-2-1-3-21-5-7)16-17(29-15)22-20(28)30-16/h1-3,5,8-9,11-15H,4,6H2,(H,22,28)(H,24,25). The van der Waals surface area contributed by atoms with Gasteiger partial charge in [0, 0.05) is 28.4 Å². The number of nitrogens with one attached hydrogen (secondary N) is 1. The van der Waals surface area contributed by atoms with E-state index in [0.717, 1.165) is 26.8 Å². The van der Waals surface area contributed by atoms with Crippen LogP contribution in [0.5, 0.6) is 0 Å². The SMILES string of the molecule is O=C(O)CN1C(=O)C2C3CC(C2C1=O)C1C(c2cccnc2)c2sc(=O)[nH]c2SC31. The number of thioether (sulfide) groups is 1. The first-order chi connectivity index (χ1) is 14.5. The molecule has 1 saturated heterocycles. The number of aromatic nitrogens is 2. The van der Waals surface area contributed by atoms with Crippen molar-refractivity contribution in [3.8, 4) is 0 Å². The highest BCUT2D eigenvalue weighted by Gasteiger charge is 2.69. The van der Waals surface area contributed by atoms with E-state index in [1.807, 2.05) is 18.3 Å². The number of carbonyl (C=O) groups is 3. The number of carboxylic acid groups (broad SMARTS) is 1. The second kappa shape index (κ2) is 6.27. The number of imide groups is 1. The lowest BCUT2D eigenvalue weighted by molar-refractivity contribution is -0.149. The Hall–Kier alpha value is -2.46. The molecule has 2 aliphatic carbocycles. The van der Waals surface area contributed by atoms with E-state index >= 15 is 0 Å². The molecule has 10 heteroatoms. The van der Waals surface area contributed by atoms with Crippen molar-refractivity contribution >= 4 is 40.9 Å². The molecule has 2 aromatic rings. The minimum atomic E-state index is -1.18. The van der Waals surface area contributed by atoms with Crippen molar-refractivity contribution in [2.75, 3.05) is 6.54 Å². The summed E-state index contributed by atoms with van der Waals surface area (Å²) in [6, 6.07) is 3.87. The van der Waals surface area contributed by atoms with Gasteiger partial charge in [-0.1, -0.05) is 17.4 Å². The van der Waals surface area contributed by atoms with E-state index in [4.69, 9.17) is 5.11 Å². The molecule has 8 nitrogen and oxygen atoms in total. The van der Waals surface area contributed by atoms with Crippen LogP contribution in [-0.4, -0.2) is 49.6 Å². The van der Waals surface area contributed by atoms with Crippen LogP contribution < -0.4 is 4.87 Å². The molecule has 0 spiro atoms. The summed E-state index contributed by atoms with van der Waals surface area (Å²) in [4.78, 5) is 58.4. The number of likely N-dealkylation sites (tertiary alicyclic amines) is 1. The topological polar surface area (TPSA) is 120 Å². The lowest BCUT2D eigenvalue weighted by Gasteiger charge is -2.42. The number of hydrogen-bond acceptors (Lipinski definition) is 7. The predicted molar refractivity (Wildman–Crippen MR) is 107 cm³/mol. The van der Waals surface area contributed by atoms with Gasteiger partial charge in [0.15, 0.2) is 0 Å². The van der Waals surface area contributed by atoms with Gasteiger partial charge in [0.2, 0.25) is 11.8 Å². The molecule has 30 heavy (non-hydrogen) atoms. The van der Waals surface area contributed by atoms with Gasteiger partial charge in [-0.05, 0) is 35.8 Å². The van der Waals surface area contributed by atoms with Gasteiger partial charge in [0.25, 0.3) is 0 Å². The van der Waals surface area contributed by atoms with Crippen molar-refractivity contribution in [3.63, 3.8) is 0 Å². The van der Waals surface area contributed by atoms with E-state index in [2.05, 4.69) is 9.97 Å². The number of carbonyl (C=O) groups excluding carboxylic acids is 2. The van der Waals surface area contributed by atoms with Gasteiger partial charge >= 0.3 is 10.8 Å². The largest absolute Gasteiger partial charge is 0.480 e. The van der Waals surface area contributed by atoms with Gasteiger partial charge in [-0.2, -0.15) is 0 Å². The quantitative estimate of drug-likeness (QED) is 0.688. The van der Waals surface area contributed by atoms with Gasteiger partial charge in [-0.3, -0.25) is 29.1 Å². The monoisotopic (exact) mass is 443 g/mol. The third kappa shape index (κ3) is 2.31. The molecule has 4 heterocycles. The summed E-state index contributed by atoms with van der Waals surface area (Å²) in [6.07, 6.45) is 4.30. The van der Waals surface area contributed by atoms with E-state index in [1.54, 1.807) is 18.0 Å². The zero-order valence-corrected chi connectivity index (χ0v) is 17.2. The summed E-state index contributed by atoms with van der Waals surface area (Å²) in [6.45, 7) is -0.570. The number of rotatable bonds is 3. The fourth-order valence-corrected chi connectivity index (χ4v) is 9.19. The van der Waals surface area contributed by atoms with Crippen molar-refractivity contribution in [2.45, 2.75) is 22.6 Å². The van der Waals surface area contributed by atoms with Crippen molar-refractivity contribution in [1.82, 2.24) is 14.9 Å². The highest BCUT2D eigenvalue weighted by atomic mass is 32.2. The number of fused-ring (bicyclic) bond motifs is 9. The highest BCUT2D eigenvalue weighted by Crippen LogP contribution is 2.68. The first-order valence-corrected chi connectivity index (χ1v) is 11.5. The molecule has 3 fully saturated rings. The smallest absolute Gasteiger partial charge is 0.323 e. The van der Waals surface area contributed by atoms with E-state index < -0.39 is 24.3 Å². The molecule has 0 radical (unpaired) electrons. The maximum absolute atomic E-state index is 13.1. The summed E-state index contributed by atoms with van der Waals surface area (Å²) in [7, 11) is 0. The number of aliphatic carboxylic acids is 1. The molecular weight excluding hydrogens is 426 g/mol. The summed E-state index contributed by atoms with van der Waals surface area (Å²) in [5.41, 5.74) is 1.01. The maximum Gasteiger partial charge on any atom is 0.323 e. The van der Waals surface area contributed by atoms with Crippen LogP contribution in [0.2, 0.25) is 0 Å². The van der Waals surface area contributed by atoms with Crippen molar-refractivity contribution in [2.24, 2.45) is 29.6 Å². The Morgan fingerprint density at radius 3 is 2.70 bits per heavy atom. The average molecular weight is 444 g/mol. The summed E-state index contributed by atoms with van der Waals surface area (Å²) in [5, 5.41) is 10.1. The number of pyridine rings is 1. The molecule has 2 aliphatic heterocycles. The second-order valence-electron chi connectivity index (χ2n) is 8.40. The zero-order chi connectivity index (χ0) is 20.7. The first kappa shape index (κ1) is 18.3.